The monoisotopic (exact) mass is 208 g/mol. The van der Waals surface area contributed by atoms with Gasteiger partial charge in [-0.2, -0.15) is 16.8 Å². The fourth-order valence-corrected chi connectivity index (χ4v) is 0.681. The van der Waals surface area contributed by atoms with Crippen LogP contribution in [-0.4, -0.2) is 25.0 Å². The highest BCUT2D eigenvalue weighted by molar-refractivity contribution is 5.79. The Labute approximate surface area is 87.5 Å². The lowest BCUT2D eigenvalue weighted by Crippen LogP contribution is -2.32. The molecule has 0 rings (SSSR count). The molecule has 0 aromatic carbocycles. The van der Waals surface area contributed by atoms with Crippen molar-refractivity contribution in [2.75, 3.05) is 13.1 Å². The summed E-state index contributed by atoms with van der Waals surface area (Å²) in [6.07, 6.45) is 2.22. The number of hydrogen-bond donors (Lipinski definition) is 4. The van der Waals surface area contributed by atoms with Gasteiger partial charge in [0.15, 0.2) is 0 Å². The van der Waals surface area contributed by atoms with E-state index in [-0.39, 0.29) is 11.9 Å². The lowest BCUT2D eigenvalue weighted by Gasteiger charge is -2.01. The molecule has 8 nitrogen and oxygen atoms in total. The van der Waals surface area contributed by atoms with Crippen molar-refractivity contribution in [2.24, 2.45) is 21.5 Å². The molecule has 0 aromatic heterocycles. The minimum absolute atomic E-state index is 0.0775. The molecule has 0 aromatic rings. The fraction of sp³-hybridized carbons (Fsp3) is 0.429. The van der Waals surface area contributed by atoms with Crippen LogP contribution in [0.3, 0.4) is 0 Å². The number of nitrogens with zero attached hydrogens (tertiary/aromatic N) is 4. The molecule has 0 saturated heterocycles. The molecule has 80 valence electrons. The summed E-state index contributed by atoms with van der Waals surface area (Å²) in [7, 11) is 0. The number of guanidine groups is 2. The lowest BCUT2D eigenvalue weighted by molar-refractivity contribution is 0.777. The number of aliphatic imine (C=N–C) groups is 2. The number of nitriles is 1. The largest absolute Gasteiger partial charge is 0.369 e. The first-order chi connectivity index (χ1) is 7.20. The molecule has 0 fully saturated rings. The van der Waals surface area contributed by atoms with E-state index in [0.717, 1.165) is 0 Å². The molecule has 0 amide bonds. The molecule has 0 heterocycles. The van der Waals surface area contributed by atoms with Gasteiger partial charge in [-0.25, -0.2) is 4.99 Å². The molecular weight excluding hydrogens is 196 g/mol. The minimum Gasteiger partial charge on any atom is -0.369 e. The Morgan fingerprint density at radius 3 is 2.80 bits per heavy atom. The molecular formula is C7H12N8. The summed E-state index contributed by atoms with van der Waals surface area (Å²) in [6.45, 7) is 7.42. The number of nitrogens with two attached hydrogens (primary N) is 2. The third-order valence-electron chi connectivity index (χ3n) is 1.26. The molecule has 0 saturated carbocycles. The van der Waals surface area contributed by atoms with Crippen LogP contribution in [0.15, 0.2) is 9.98 Å². The Morgan fingerprint density at radius 1 is 1.47 bits per heavy atom. The standard InChI is InChI=1S/C7H12N8/c1-11-15-7(10)13-4-2-3-12-6(9)14-5-8/h2-4H2,(H3,9,12,14)(H3,10,13,15). The predicted molar refractivity (Wildman–Crippen MR) is 56.1 cm³/mol. The van der Waals surface area contributed by atoms with Crippen LogP contribution in [0.1, 0.15) is 6.42 Å². The van der Waals surface area contributed by atoms with Gasteiger partial charge in [0.05, 0.1) is 0 Å². The summed E-state index contributed by atoms with van der Waals surface area (Å²) in [4.78, 5) is 9.94. The molecule has 8 heteroatoms. The summed E-state index contributed by atoms with van der Waals surface area (Å²) >= 11 is 0. The molecule has 0 aliphatic carbocycles. The van der Waals surface area contributed by atoms with Crippen molar-refractivity contribution >= 4 is 11.9 Å². The van der Waals surface area contributed by atoms with Crippen molar-refractivity contribution in [1.29, 1.82) is 5.26 Å². The van der Waals surface area contributed by atoms with E-state index >= 15 is 0 Å². The van der Waals surface area contributed by atoms with Crippen molar-refractivity contribution in [3.8, 4) is 6.19 Å². The van der Waals surface area contributed by atoms with Gasteiger partial charge in [0, 0.05) is 13.1 Å². The van der Waals surface area contributed by atoms with Gasteiger partial charge in [0.1, 0.15) is 0 Å². The Hall–Kier alpha value is -2.48. The van der Waals surface area contributed by atoms with Crippen LogP contribution in [0.4, 0.5) is 0 Å². The zero-order valence-corrected chi connectivity index (χ0v) is 8.06. The van der Waals surface area contributed by atoms with E-state index < -0.39 is 0 Å². The molecule has 6 N–H and O–H groups in total. The smallest absolute Gasteiger partial charge is 0.259 e. The Balaban J connectivity index is 3.57. The normalized spacial score (nSPS) is 11.3. The first-order valence-electron chi connectivity index (χ1n) is 4.09. The highest BCUT2D eigenvalue weighted by Crippen LogP contribution is 1.78. The molecule has 0 radical (unpaired) electrons. The van der Waals surface area contributed by atoms with Crippen LogP contribution >= 0.6 is 0 Å². The number of hydrogen-bond acceptors (Lipinski definition) is 3. The second-order valence-corrected chi connectivity index (χ2v) is 2.37. The number of rotatable bonds is 4. The second-order valence-electron chi connectivity index (χ2n) is 2.37. The summed E-state index contributed by atoms with van der Waals surface area (Å²) < 4.78 is 0. The molecule has 0 spiro atoms. The van der Waals surface area contributed by atoms with Crippen molar-refractivity contribution < 1.29 is 0 Å². The van der Waals surface area contributed by atoms with Gasteiger partial charge in [-0.15, -0.1) is 4.99 Å². The van der Waals surface area contributed by atoms with Crippen LogP contribution in [-0.2, 0) is 0 Å². The third-order valence-corrected chi connectivity index (χ3v) is 1.26. The second kappa shape index (κ2) is 8.13. The first-order valence-corrected chi connectivity index (χ1v) is 4.09. The van der Waals surface area contributed by atoms with E-state index in [4.69, 9.17) is 23.3 Å². The quantitative estimate of drug-likeness (QED) is 0.112. The maximum absolute atomic E-state index is 8.14. The van der Waals surface area contributed by atoms with E-state index in [1.54, 1.807) is 6.19 Å². The molecule has 0 bridgehead atoms. The lowest BCUT2D eigenvalue weighted by atomic mass is 10.4. The Morgan fingerprint density at radius 2 is 2.20 bits per heavy atom. The first kappa shape index (κ1) is 12.5. The van der Waals surface area contributed by atoms with Gasteiger partial charge in [-0.1, -0.05) is 5.43 Å². The molecule has 15 heavy (non-hydrogen) atoms. The average molecular weight is 208 g/mol. The van der Waals surface area contributed by atoms with Crippen molar-refractivity contribution in [2.45, 2.75) is 6.42 Å². The maximum Gasteiger partial charge on any atom is 0.259 e. The zero-order valence-electron chi connectivity index (χ0n) is 8.06. The van der Waals surface area contributed by atoms with Crippen LogP contribution in [0.25, 0.3) is 4.95 Å². The molecule has 0 aliphatic heterocycles. The van der Waals surface area contributed by atoms with E-state index in [0.29, 0.717) is 19.5 Å². The van der Waals surface area contributed by atoms with Crippen LogP contribution in [0.5, 0.6) is 0 Å². The van der Waals surface area contributed by atoms with Gasteiger partial charge >= 0.3 is 0 Å². The maximum atomic E-state index is 8.14. The summed E-state index contributed by atoms with van der Waals surface area (Å²) in [6, 6.07) is 0. The summed E-state index contributed by atoms with van der Waals surface area (Å²) in [5.41, 5.74) is 12.7. The topological polar surface area (TPSA) is 129 Å². The average Bonchev–Trinajstić information content (AvgIpc) is 2.18. The van der Waals surface area contributed by atoms with Crippen LogP contribution in [0, 0.1) is 18.0 Å². The molecule has 0 unspecified atom stereocenters. The van der Waals surface area contributed by atoms with E-state index in [1.165, 1.54) is 0 Å². The van der Waals surface area contributed by atoms with Crippen molar-refractivity contribution in [3.63, 3.8) is 0 Å². The van der Waals surface area contributed by atoms with E-state index in [1.807, 2.05) is 0 Å². The third kappa shape index (κ3) is 7.87. The predicted octanol–water partition coefficient (Wildman–Crippen LogP) is -1.50. The number of nitrogens with one attached hydrogen (secondary N) is 2. The fourth-order valence-electron chi connectivity index (χ4n) is 0.681. The highest BCUT2D eigenvalue weighted by Gasteiger charge is 1.92. The van der Waals surface area contributed by atoms with Gasteiger partial charge in [-0.3, -0.25) is 0 Å². The van der Waals surface area contributed by atoms with E-state index in [9.17, 15) is 0 Å². The van der Waals surface area contributed by atoms with Gasteiger partial charge < -0.3 is 16.8 Å². The molecule has 0 atom stereocenters. The Kier molecular flexibility index (Phi) is 6.79. The van der Waals surface area contributed by atoms with Gasteiger partial charge in [-0.05, 0) is 6.42 Å². The van der Waals surface area contributed by atoms with Gasteiger partial charge in [0.25, 0.3) is 5.96 Å². The summed E-state index contributed by atoms with van der Waals surface area (Å²) in [5, 5.41) is 10.8. The SMILES string of the molecule is [C-]#[N+]NC(N)=NCCCNC(N)=NC#N. The Bertz CT molecular complexity index is 317. The van der Waals surface area contributed by atoms with Crippen LogP contribution in [0.2, 0.25) is 0 Å². The minimum atomic E-state index is 0.0775. The van der Waals surface area contributed by atoms with Crippen molar-refractivity contribution in [1.82, 2.24) is 10.7 Å². The van der Waals surface area contributed by atoms with Crippen LogP contribution < -0.4 is 22.2 Å². The molecule has 0 aliphatic rings. The van der Waals surface area contributed by atoms with Crippen molar-refractivity contribution in [3.05, 3.63) is 11.5 Å². The van der Waals surface area contributed by atoms with Gasteiger partial charge in [0.2, 0.25) is 12.2 Å². The summed E-state index contributed by atoms with van der Waals surface area (Å²) in [5.74, 6) is 0.164. The highest BCUT2D eigenvalue weighted by atomic mass is 15.3. The zero-order chi connectivity index (χ0) is 11.5. The van der Waals surface area contributed by atoms with E-state index in [2.05, 4.69) is 25.7 Å².